The third kappa shape index (κ3) is 3.72. The van der Waals surface area contributed by atoms with Crippen molar-refractivity contribution < 1.29 is 5.11 Å². The molecule has 2 atom stereocenters. The minimum atomic E-state index is -0.432. The van der Waals surface area contributed by atoms with Crippen molar-refractivity contribution in [2.75, 3.05) is 18.0 Å². The molecule has 0 bridgehead atoms. The van der Waals surface area contributed by atoms with Crippen LogP contribution in [0.2, 0.25) is 0 Å². The summed E-state index contributed by atoms with van der Waals surface area (Å²) in [5, 5.41) is 9.80. The van der Waals surface area contributed by atoms with Gasteiger partial charge in [0.15, 0.2) is 0 Å². The Labute approximate surface area is 123 Å². The van der Waals surface area contributed by atoms with E-state index >= 15 is 0 Å². The maximum Gasteiger partial charge on any atom is 0.0957 e. The van der Waals surface area contributed by atoms with Crippen molar-refractivity contribution in [1.82, 2.24) is 4.98 Å². The van der Waals surface area contributed by atoms with Crippen molar-refractivity contribution in [3.05, 3.63) is 24.0 Å². The molecule has 2 heterocycles. The first-order valence-corrected chi connectivity index (χ1v) is 8.00. The molecule has 112 valence electrons. The Kier molecular flexibility index (Phi) is 5.41. The summed E-state index contributed by atoms with van der Waals surface area (Å²) in [6.45, 7) is 8.90. The first kappa shape index (κ1) is 15.3. The van der Waals surface area contributed by atoms with Crippen molar-refractivity contribution in [2.24, 2.45) is 11.8 Å². The Hall–Kier alpha value is -1.09. The molecule has 3 heteroatoms. The second-order valence-electron chi connectivity index (χ2n) is 6.29. The molecule has 1 fully saturated rings. The minimum Gasteiger partial charge on any atom is -0.387 e. The molecule has 0 radical (unpaired) electrons. The summed E-state index contributed by atoms with van der Waals surface area (Å²) < 4.78 is 0. The van der Waals surface area contributed by atoms with Crippen LogP contribution in [0.3, 0.4) is 0 Å². The van der Waals surface area contributed by atoms with Crippen molar-refractivity contribution in [3.8, 4) is 0 Å². The Morgan fingerprint density at radius 2 is 2.10 bits per heavy atom. The van der Waals surface area contributed by atoms with E-state index in [4.69, 9.17) is 0 Å². The third-order valence-electron chi connectivity index (χ3n) is 4.58. The lowest BCUT2D eigenvalue weighted by Gasteiger charge is -2.23. The summed E-state index contributed by atoms with van der Waals surface area (Å²) in [6.07, 6.45) is 6.09. The molecule has 20 heavy (non-hydrogen) atoms. The van der Waals surface area contributed by atoms with E-state index in [9.17, 15) is 5.11 Å². The summed E-state index contributed by atoms with van der Waals surface area (Å²) >= 11 is 0. The molecule has 2 rings (SSSR count). The average Bonchev–Trinajstić information content (AvgIpc) is 2.72. The zero-order valence-electron chi connectivity index (χ0n) is 13.0. The van der Waals surface area contributed by atoms with Gasteiger partial charge in [0.1, 0.15) is 0 Å². The molecular formula is C17H28N2O. The molecule has 1 aliphatic rings. The fraction of sp³-hybridized carbons (Fsp3) is 0.706. The number of aliphatic hydroxyl groups is 1. The Balaban J connectivity index is 2.01. The smallest absolute Gasteiger partial charge is 0.0957 e. The summed E-state index contributed by atoms with van der Waals surface area (Å²) in [7, 11) is 0. The lowest BCUT2D eigenvalue weighted by atomic mass is 9.89. The molecule has 1 aromatic rings. The highest BCUT2D eigenvalue weighted by molar-refractivity contribution is 5.44. The lowest BCUT2D eigenvalue weighted by molar-refractivity contribution is 0.169. The van der Waals surface area contributed by atoms with Gasteiger partial charge in [0.05, 0.1) is 23.7 Å². The van der Waals surface area contributed by atoms with Crippen LogP contribution in [0, 0.1) is 11.8 Å². The van der Waals surface area contributed by atoms with Gasteiger partial charge in [0.2, 0.25) is 0 Å². The van der Waals surface area contributed by atoms with E-state index in [-0.39, 0.29) is 0 Å². The quantitative estimate of drug-likeness (QED) is 0.909. The summed E-state index contributed by atoms with van der Waals surface area (Å²) in [5.74, 6) is 1.64. The summed E-state index contributed by atoms with van der Waals surface area (Å²) in [5.41, 5.74) is 1.98. The number of aromatic nitrogens is 1. The second-order valence-corrected chi connectivity index (χ2v) is 6.29. The van der Waals surface area contributed by atoms with Gasteiger partial charge in [0.25, 0.3) is 0 Å². The highest BCUT2D eigenvalue weighted by atomic mass is 16.3. The zero-order valence-corrected chi connectivity index (χ0v) is 13.0. The molecule has 0 amide bonds. The number of hydrogen-bond donors (Lipinski definition) is 1. The number of rotatable bonds is 4. The normalized spacial score (nSPS) is 21.9. The van der Waals surface area contributed by atoms with E-state index < -0.39 is 6.10 Å². The monoisotopic (exact) mass is 276 g/mol. The molecule has 1 aliphatic heterocycles. The molecule has 1 N–H and O–H groups in total. The standard InChI is InChI=1S/C17H28N2O/c1-4-17(20)16-8-7-15(12-18-16)19-10-5-6-14(9-11-19)13(2)3/h7-8,12-14,17,20H,4-6,9-11H2,1-3H3. The average molecular weight is 276 g/mol. The van der Waals surface area contributed by atoms with E-state index in [0.29, 0.717) is 6.42 Å². The molecular weight excluding hydrogens is 248 g/mol. The van der Waals surface area contributed by atoms with Crippen molar-refractivity contribution in [2.45, 2.75) is 52.6 Å². The van der Waals surface area contributed by atoms with E-state index in [1.807, 2.05) is 19.2 Å². The fourth-order valence-electron chi connectivity index (χ4n) is 3.04. The van der Waals surface area contributed by atoms with Gasteiger partial charge in [-0.1, -0.05) is 20.8 Å². The molecule has 1 saturated heterocycles. The van der Waals surface area contributed by atoms with Crippen LogP contribution in [0.5, 0.6) is 0 Å². The van der Waals surface area contributed by atoms with Crippen molar-refractivity contribution >= 4 is 5.69 Å². The maximum absolute atomic E-state index is 9.80. The van der Waals surface area contributed by atoms with Gasteiger partial charge in [-0.25, -0.2) is 0 Å². The first-order chi connectivity index (χ1) is 9.61. The molecule has 0 aromatic carbocycles. The summed E-state index contributed by atoms with van der Waals surface area (Å²) in [4.78, 5) is 6.86. The zero-order chi connectivity index (χ0) is 14.5. The first-order valence-electron chi connectivity index (χ1n) is 8.00. The van der Waals surface area contributed by atoms with Crippen LogP contribution < -0.4 is 4.90 Å². The van der Waals surface area contributed by atoms with E-state index in [1.54, 1.807) is 0 Å². The highest BCUT2D eigenvalue weighted by Crippen LogP contribution is 2.27. The van der Waals surface area contributed by atoms with Crippen LogP contribution in [0.4, 0.5) is 5.69 Å². The minimum absolute atomic E-state index is 0.432. The predicted octanol–water partition coefficient (Wildman–Crippen LogP) is 3.79. The second kappa shape index (κ2) is 7.07. The Morgan fingerprint density at radius 1 is 1.30 bits per heavy atom. The summed E-state index contributed by atoms with van der Waals surface area (Å²) in [6, 6.07) is 4.07. The van der Waals surface area contributed by atoms with Gasteiger partial charge in [-0.2, -0.15) is 0 Å². The SMILES string of the molecule is CCC(O)c1ccc(N2CCCC(C(C)C)CC2)cn1. The van der Waals surface area contributed by atoms with Crippen LogP contribution in [-0.4, -0.2) is 23.2 Å². The van der Waals surface area contributed by atoms with Gasteiger partial charge >= 0.3 is 0 Å². The Morgan fingerprint density at radius 3 is 2.70 bits per heavy atom. The molecule has 1 aromatic heterocycles. The van der Waals surface area contributed by atoms with E-state index in [2.05, 4.69) is 29.8 Å². The van der Waals surface area contributed by atoms with Crippen LogP contribution >= 0.6 is 0 Å². The molecule has 0 saturated carbocycles. The number of anilines is 1. The van der Waals surface area contributed by atoms with Gasteiger partial charge in [0, 0.05) is 13.1 Å². The van der Waals surface area contributed by atoms with Crippen LogP contribution in [-0.2, 0) is 0 Å². The van der Waals surface area contributed by atoms with Crippen LogP contribution in [0.25, 0.3) is 0 Å². The van der Waals surface area contributed by atoms with Gasteiger partial charge in [-0.15, -0.1) is 0 Å². The molecule has 3 nitrogen and oxygen atoms in total. The number of hydrogen-bond acceptors (Lipinski definition) is 3. The number of pyridine rings is 1. The molecule has 0 spiro atoms. The van der Waals surface area contributed by atoms with Crippen molar-refractivity contribution in [3.63, 3.8) is 0 Å². The van der Waals surface area contributed by atoms with Crippen LogP contribution in [0.15, 0.2) is 18.3 Å². The van der Waals surface area contributed by atoms with Gasteiger partial charge < -0.3 is 10.0 Å². The molecule has 2 unspecified atom stereocenters. The van der Waals surface area contributed by atoms with Crippen molar-refractivity contribution in [1.29, 1.82) is 0 Å². The lowest BCUT2D eigenvalue weighted by Crippen LogP contribution is -2.24. The van der Waals surface area contributed by atoms with Gasteiger partial charge in [-0.05, 0) is 49.7 Å². The van der Waals surface area contributed by atoms with E-state index in [1.165, 1.54) is 24.9 Å². The predicted molar refractivity (Wildman–Crippen MR) is 83.9 cm³/mol. The van der Waals surface area contributed by atoms with E-state index in [0.717, 1.165) is 30.6 Å². The third-order valence-corrected chi connectivity index (χ3v) is 4.58. The highest BCUT2D eigenvalue weighted by Gasteiger charge is 2.20. The van der Waals surface area contributed by atoms with Gasteiger partial charge in [-0.3, -0.25) is 4.98 Å². The van der Waals surface area contributed by atoms with Crippen LogP contribution in [0.1, 0.15) is 58.3 Å². The topological polar surface area (TPSA) is 36.4 Å². The number of nitrogens with zero attached hydrogens (tertiary/aromatic N) is 2. The largest absolute Gasteiger partial charge is 0.387 e. The maximum atomic E-state index is 9.80. The fourth-order valence-corrected chi connectivity index (χ4v) is 3.04. The molecule has 0 aliphatic carbocycles. The number of aliphatic hydroxyl groups excluding tert-OH is 1. The Bertz CT molecular complexity index is 402.